The first kappa shape index (κ1) is 10.5. The van der Waals surface area contributed by atoms with Crippen LogP contribution in [0.4, 0.5) is 0 Å². The second-order valence-electron chi connectivity index (χ2n) is 3.50. The van der Waals surface area contributed by atoms with E-state index in [1.165, 1.54) is 9.13 Å². The molecule has 2 nitrogen and oxygen atoms in total. The SMILES string of the molecule is Cc1cc(-c2ncc(I)cc2C)ccn1. The largest absolute Gasteiger partial charge is 0.262 e. The molecule has 0 N–H and O–H groups in total. The van der Waals surface area contributed by atoms with Crippen molar-refractivity contribution in [3.05, 3.63) is 45.4 Å². The van der Waals surface area contributed by atoms with E-state index in [-0.39, 0.29) is 0 Å². The van der Waals surface area contributed by atoms with Crippen molar-refractivity contribution in [1.29, 1.82) is 0 Å². The number of hydrogen-bond donors (Lipinski definition) is 0. The van der Waals surface area contributed by atoms with Crippen LogP contribution in [-0.4, -0.2) is 9.97 Å². The number of rotatable bonds is 1. The maximum Gasteiger partial charge on any atom is 0.0733 e. The van der Waals surface area contributed by atoms with Crippen LogP contribution in [-0.2, 0) is 0 Å². The van der Waals surface area contributed by atoms with Crippen molar-refractivity contribution in [3.63, 3.8) is 0 Å². The van der Waals surface area contributed by atoms with Gasteiger partial charge in [-0.25, -0.2) is 0 Å². The highest BCUT2D eigenvalue weighted by Crippen LogP contribution is 2.21. The Morgan fingerprint density at radius 3 is 2.60 bits per heavy atom. The third-order valence-corrected chi connectivity index (χ3v) is 2.80. The van der Waals surface area contributed by atoms with E-state index in [0.29, 0.717) is 0 Å². The van der Waals surface area contributed by atoms with Gasteiger partial charge in [0.05, 0.1) is 5.69 Å². The van der Waals surface area contributed by atoms with Gasteiger partial charge in [0.1, 0.15) is 0 Å². The number of halogens is 1. The molecular weight excluding hydrogens is 299 g/mol. The van der Waals surface area contributed by atoms with Crippen LogP contribution in [0.25, 0.3) is 11.3 Å². The van der Waals surface area contributed by atoms with Gasteiger partial charge in [0.2, 0.25) is 0 Å². The Kier molecular flexibility index (Phi) is 3.00. The minimum atomic E-state index is 1.02. The highest BCUT2D eigenvalue weighted by atomic mass is 127. The fraction of sp³-hybridized carbons (Fsp3) is 0.167. The molecule has 2 heterocycles. The minimum Gasteiger partial charge on any atom is -0.262 e. The molecule has 0 aliphatic heterocycles. The van der Waals surface area contributed by atoms with Gasteiger partial charge in [0.25, 0.3) is 0 Å². The molecule has 2 rings (SSSR count). The molecule has 76 valence electrons. The third-order valence-electron chi connectivity index (χ3n) is 2.21. The van der Waals surface area contributed by atoms with Crippen LogP contribution < -0.4 is 0 Å². The molecule has 0 atom stereocenters. The average molecular weight is 310 g/mol. The molecule has 0 saturated heterocycles. The van der Waals surface area contributed by atoms with Gasteiger partial charge in [-0.05, 0) is 60.2 Å². The first-order valence-electron chi connectivity index (χ1n) is 4.72. The zero-order valence-corrected chi connectivity index (χ0v) is 10.8. The van der Waals surface area contributed by atoms with E-state index in [2.05, 4.69) is 51.6 Å². The Morgan fingerprint density at radius 2 is 1.93 bits per heavy atom. The lowest BCUT2D eigenvalue weighted by Crippen LogP contribution is -1.90. The van der Waals surface area contributed by atoms with Crippen LogP contribution >= 0.6 is 22.6 Å². The van der Waals surface area contributed by atoms with Crippen LogP contribution in [0.2, 0.25) is 0 Å². The van der Waals surface area contributed by atoms with Crippen molar-refractivity contribution in [3.8, 4) is 11.3 Å². The van der Waals surface area contributed by atoms with Crippen LogP contribution in [0.3, 0.4) is 0 Å². The van der Waals surface area contributed by atoms with Gasteiger partial charge < -0.3 is 0 Å². The van der Waals surface area contributed by atoms with Gasteiger partial charge in [-0.2, -0.15) is 0 Å². The summed E-state index contributed by atoms with van der Waals surface area (Å²) in [5.74, 6) is 0. The summed E-state index contributed by atoms with van der Waals surface area (Å²) < 4.78 is 1.17. The summed E-state index contributed by atoms with van der Waals surface area (Å²) in [6, 6.07) is 6.19. The van der Waals surface area contributed by atoms with E-state index in [1.807, 2.05) is 25.4 Å². The first-order chi connectivity index (χ1) is 7.16. The van der Waals surface area contributed by atoms with Crippen LogP contribution in [0.1, 0.15) is 11.3 Å². The Labute approximate surface area is 103 Å². The number of nitrogens with zero attached hydrogens (tertiary/aromatic N) is 2. The highest BCUT2D eigenvalue weighted by Gasteiger charge is 2.04. The molecule has 0 unspecified atom stereocenters. The molecule has 0 aliphatic carbocycles. The summed E-state index contributed by atoms with van der Waals surface area (Å²) in [5.41, 5.74) is 4.40. The van der Waals surface area contributed by atoms with E-state index in [0.717, 1.165) is 17.0 Å². The molecule has 0 fully saturated rings. The summed E-state index contributed by atoms with van der Waals surface area (Å²) in [6.07, 6.45) is 3.71. The highest BCUT2D eigenvalue weighted by molar-refractivity contribution is 14.1. The van der Waals surface area contributed by atoms with Crippen LogP contribution in [0.5, 0.6) is 0 Å². The second kappa shape index (κ2) is 4.26. The Morgan fingerprint density at radius 1 is 1.13 bits per heavy atom. The molecule has 0 bridgehead atoms. The second-order valence-corrected chi connectivity index (χ2v) is 4.75. The number of aromatic nitrogens is 2. The normalized spacial score (nSPS) is 10.3. The lowest BCUT2D eigenvalue weighted by atomic mass is 10.1. The predicted molar refractivity (Wildman–Crippen MR) is 69.7 cm³/mol. The van der Waals surface area contributed by atoms with Crippen molar-refractivity contribution in [2.75, 3.05) is 0 Å². The fourth-order valence-electron chi connectivity index (χ4n) is 1.54. The lowest BCUT2D eigenvalue weighted by molar-refractivity contribution is 1.18. The van der Waals surface area contributed by atoms with Crippen molar-refractivity contribution < 1.29 is 0 Å². The van der Waals surface area contributed by atoms with Crippen molar-refractivity contribution in [2.24, 2.45) is 0 Å². The van der Waals surface area contributed by atoms with E-state index < -0.39 is 0 Å². The zero-order chi connectivity index (χ0) is 10.8. The molecule has 15 heavy (non-hydrogen) atoms. The van der Waals surface area contributed by atoms with Gasteiger partial charge in [-0.3, -0.25) is 9.97 Å². The Bertz CT molecular complexity index is 495. The maximum absolute atomic E-state index is 4.45. The van der Waals surface area contributed by atoms with E-state index >= 15 is 0 Å². The Balaban J connectivity index is 2.54. The molecule has 0 aromatic carbocycles. The number of pyridine rings is 2. The number of aryl methyl sites for hydroxylation is 2. The third kappa shape index (κ3) is 2.34. The van der Waals surface area contributed by atoms with Gasteiger partial charge in [-0.15, -0.1) is 0 Å². The minimum absolute atomic E-state index is 1.02. The molecule has 0 saturated carbocycles. The first-order valence-corrected chi connectivity index (χ1v) is 5.80. The molecular formula is C12H11IN2. The van der Waals surface area contributed by atoms with Crippen molar-refractivity contribution in [1.82, 2.24) is 9.97 Å². The maximum atomic E-state index is 4.45. The van der Waals surface area contributed by atoms with Gasteiger partial charge in [0, 0.05) is 27.2 Å². The zero-order valence-electron chi connectivity index (χ0n) is 8.66. The topological polar surface area (TPSA) is 25.8 Å². The van der Waals surface area contributed by atoms with E-state index in [1.54, 1.807) is 0 Å². The Hall–Kier alpha value is -0.970. The monoisotopic (exact) mass is 310 g/mol. The van der Waals surface area contributed by atoms with Crippen molar-refractivity contribution >= 4 is 22.6 Å². The standard InChI is InChI=1S/C12H11IN2/c1-8-5-11(13)7-15-12(8)10-3-4-14-9(2)6-10/h3-7H,1-2H3. The summed E-state index contributed by atoms with van der Waals surface area (Å²) in [7, 11) is 0. The quantitative estimate of drug-likeness (QED) is 0.755. The molecule has 0 spiro atoms. The molecule has 0 aliphatic rings. The molecule has 2 aromatic heterocycles. The average Bonchev–Trinajstić information content (AvgIpc) is 2.17. The van der Waals surface area contributed by atoms with Gasteiger partial charge >= 0.3 is 0 Å². The fourth-order valence-corrected chi connectivity index (χ4v) is 2.14. The van der Waals surface area contributed by atoms with Gasteiger partial charge in [0.15, 0.2) is 0 Å². The summed E-state index contributed by atoms with van der Waals surface area (Å²) in [4.78, 5) is 8.64. The molecule has 0 amide bonds. The van der Waals surface area contributed by atoms with E-state index in [9.17, 15) is 0 Å². The van der Waals surface area contributed by atoms with Crippen LogP contribution in [0.15, 0.2) is 30.6 Å². The number of hydrogen-bond acceptors (Lipinski definition) is 2. The summed E-state index contributed by atoms with van der Waals surface area (Å²) >= 11 is 2.27. The summed E-state index contributed by atoms with van der Waals surface area (Å²) in [6.45, 7) is 4.08. The van der Waals surface area contributed by atoms with E-state index in [4.69, 9.17) is 0 Å². The van der Waals surface area contributed by atoms with Crippen molar-refractivity contribution in [2.45, 2.75) is 13.8 Å². The smallest absolute Gasteiger partial charge is 0.0733 e. The molecule has 0 radical (unpaired) electrons. The van der Waals surface area contributed by atoms with Crippen LogP contribution in [0, 0.1) is 17.4 Å². The predicted octanol–water partition coefficient (Wildman–Crippen LogP) is 3.37. The molecule has 2 aromatic rings. The van der Waals surface area contributed by atoms with Gasteiger partial charge in [-0.1, -0.05) is 0 Å². The summed E-state index contributed by atoms with van der Waals surface area (Å²) in [5, 5.41) is 0. The lowest BCUT2D eigenvalue weighted by Gasteiger charge is -2.05. The molecule has 3 heteroatoms.